The third-order valence-electron chi connectivity index (χ3n) is 4.71. The van der Waals surface area contributed by atoms with Crippen LogP contribution in [0.5, 0.6) is 0 Å². The smallest absolute Gasteiger partial charge is 0.193 e. The second kappa shape index (κ2) is 4.94. The van der Waals surface area contributed by atoms with Crippen molar-refractivity contribution in [2.75, 3.05) is 53.1 Å². The highest BCUT2D eigenvalue weighted by Gasteiger charge is 2.42. The van der Waals surface area contributed by atoms with Crippen LogP contribution in [0.1, 0.15) is 19.8 Å². The summed E-state index contributed by atoms with van der Waals surface area (Å²) >= 11 is 0. The van der Waals surface area contributed by atoms with Gasteiger partial charge < -0.3 is 19.7 Å². The number of hydrogen-bond acceptors (Lipinski definition) is 3. The lowest BCUT2D eigenvalue weighted by Gasteiger charge is -2.39. The molecule has 3 aliphatic heterocycles. The van der Waals surface area contributed by atoms with Crippen molar-refractivity contribution < 1.29 is 9.47 Å². The van der Waals surface area contributed by atoms with E-state index in [1.165, 1.54) is 12.8 Å². The Morgan fingerprint density at radius 3 is 2.68 bits per heavy atom. The predicted molar refractivity (Wildman–Crippen MR) is 74.3 cm³/mol. The third-order valence-corrected chi connectivity index (χ3v) is 4.71. The maximum atomic E-state index is 5.58. The molecular weight excluding hydrogens is 242 g/mol. The number of nitrogens with one attached hydrogen (secondary N) is 1. The SMILES string of the molecule is CN=C(NCC1(C)COC1)N1CCC2(CCOC2)C1. The van der Waals surface area contributed by atoms with E-state index < -0.39 is 0 Å². The molecule has 0 aliphatic carbocycles. The van der Waals surface area contributed by atoms with Gasteiger partial charge in [0.1, 0.15) is 0 Å². The highest BCUT2D eigenvalue weighted by Crippen LogP contribution is 2.38. The second-order valence-electron chi connectivity index (χ2n) is 6.68. The van der Waals surface area contributed by atoms with Crippen LogP contribution in [0, 0.1) is 10.8 Å². The Balaban J connectivity index is 1.55. The Hall–Kier alpha value is -0.810. The Kier molecular flexibility index (Phi) is 3.43. The molecular formula is C14H25N3O2. The average Bonchev–Trinajstić information content (AvgIpc) is 2.99. The first-order chi connectivity index (χ1) is 9.15. The Labute approximate surface area is 115 Å². The topological polar surface area (TPSA) is 46.1 Å². The van der Waals surface area contributed by atoms with Crippen molar-refractivity contribution in [2.45, 2.75) is 19.8 Å². The number of nitrogens with zero attached hydrogens (tertiary/aromatic N) is 2. The van der Waals surface area contributed by atoms with E-state index in [9.17, 15) is 0 Å². The van der Waals surface area contributed by atoms with Crippen molar-refractivity contribution in [3.05, 3.63) is 0 Å². The molecule has 0 radical (unpaired) electrons. The number of rotatable bonds is 2. The monoisotopic (exact) mass is 267 g/mol. The lowest BCUT2D eigenvalue weighted by molar-refractivity contribution is -0.0972. The molecule has 108 valence electrons. The molecule has 1 unspecified atom stereocenters. The Morgan fingerprint density at radius 1 is 1.26 bits per heavy atom. The minimum atomic E-state index is 0.282. The quantitative estimate of drug-likeness (QED) is 0.591. The van der Waals surface area contributed by atoms with E-state index in [1.54, 1.807) is 0 Å². The summed E-state index contributed by atoms with van der Waals surface area (Å²) in [5.41, 5.74) is 0.672. The van der Waals surface area contributed by atoms with Crippen LogP contribution in [0.15, 0.2) is 4.99 Å². The maximum Gasteiger partial charge on any atom is 0.193 e. The van der Waals surface area contributed by atoms with Crippen molar-refractivity contribution in [2.24, 2.45) is 15.8 Å². The molecule has 3 fully saturated rings. The van der Waals surface area contributed by atoms with E-state index in [0.29, 0.717) is 5.41 Å². The summed E-state index contributed by atoms with van der Waals surface area (Å²) in [6, 6.07) is 0. The summed E-state index contributed by atoms with van der Waals surface area (Å²) < 4.78 is 10.9. The van der Waals surface area contributed by atoms with Crippen LogP contribution in [0.2, 0.25) is 0 Å². The van der Waals surface area contributed by atoms with Gasteiger partial charge in [-0.3, -0.25) is 4.99 Å². The van der Waals surface area contributed by atoms with Crippen LogP contribution in [0.3, 0.4) is 0 Å². The lowest BCUT2D eigenvalue weighted by Crippen LogP contribution is -2.51. The van der Waals surface area contributed by atoms with Gasteiger partial charge in [0, 0.05) is 44.1 Å². The molecule has 5 heteroatoms. The predicted octanol–water partition coefficient (Wildman–Crippen LogP) is 0.711. The van der Waals surface area contributed by atoms with Crippen LogP contribution < -0.4 is 5.32 Å². The van der Waals surface area contributed by atoms with Crippen LogP contribution in [-0.2, 0) is 9.47 Å². The minimum Gasteiger partial charge on any atom is -0.381 e. The molecule has 1 spiro atoms. The number of aliphatic imine (C=N–C) groups is 1. The average molecular weight is 267 g/mol. The molecule has 1 N–H and O–H groups in total. The van der Waals surface area contributed by atoms with E-state index in [2.05, 4.69) is 22.1 Å². The fourth-order valence-corrected chi connectivity index (χ4v) is 3.26. The van der Waals surface area contributed by atoms with Gasteiger partial charge in [0.25, 0.3) is 0 Å². The summed E-state index contributed by atoms with van der Waals surface area (Å²) in [4.78, 5) is 6.82. The molecule has 3 saturated heterocycles. The molecule has 0 amide bonds. The molecule has 5 nitrogen and oxygen atoms in total. The van der Waals surface area contributed by atoms with Crippen molar-refractivity contribution in [1.29, 1.82) is 0 Å². The highest BCUT2D eigenvalue weighted by molar-refractivity contribution is 5.80. The summed E-state index contributed by atoms with van der Waals surface area (Å²) in [6.07, 6.45) is 2.43. The van der Waals surface area contributed by atoms with Gasteiger partial charge in [-0.25, -0.2) is 0 Å². The van der Waals surface area contributed by atoms with Gasteiger partial charge in [-0.1, -0.05) is 6.92 Å². The normalized spacial score (nSPS) is 33.8. The first-order valence-electron chi connectivity index (χ1n) is 7.26. The summed E-state index contributed by atoms with van der Waals surface area (Å²) in [7, 11) is 1.87. The second-order valence-corrected chi connectivity index (χ2v) is 6.68. The summed E-state index contributed by atoms with van der Waals surface area (Å²) in [5, 5.41) is 3.52. The Bertz CT molecular complexity index is 360. The third kappa shape index (κ3) is 2.58. The fraction of sp³-hybridized carbons (Fsp3) is 0.929. The fourth-order valence-electron chi connectivity index (χ4n) is 3.26. The number of hydrogen-bond donors (Lipinski definition) is 1. The molecule has 1 atom stereocenters. The molecule has 0 bridgehead atoms. The lowest BCUT2D eigenvalue weighted by atomic mass is 9.87. The van der Waals surface area contributed by atoms with Gasteiger partial charge in [0.15, 0.2) is 5.96 Å². The molecule has 3 aliphatic rings. The van der Waals surface area contributed by atoms with E-state index in [1.807, 2.05) is 7.05 Å². The molecule has 19 heavy (non-hydrogen) atoms. The Morgan fingerprint density at radius 2 is 2.11 bits per heavy atom. The molecule has 0 aromatic heterocycles. The number of guanidine groups is 1. The largest absolute Gasteiger partial charge is 0.381 e. The zero-order chi connectivity index (χ0) is 13.3. The van der Waals surface area contributed by atoms with Gasteiger partial charge in [0.2, 0.25) is 0 Å². The standard InChI is InChI=1S/C14H25N3O2/c1-13(9-19-10-13)7-16-12(15-2)17-5-3-14(8-17)4-6-18-11-14/h3-11H2,1-2H3,(H,15,16). The summed E-state index contributed by atoms with van der Waals surface area (Å²) in [6.45, 7) is 8.94. The first-order valence-corrected chi connectivity index (χ1v) is 7.26. The molecule has 0 aromatic carbocycles. The zero-order valence-electron chi connectivity index (χ0n) is 12.1. The van der Waals surface area contributed by atoms with E-state index in [0.717, 1.165) is 52.0 Å². The maximum absolute atomic E-state index is 5.58. The van der Waals surface area contributed by atoms with Crippen LogP contribution >= 0.6 is 0 Å². The van der Waals surface area contributed by atoms with Crippen molar-refractivity contribution in [1.82, 2.24) is 10.2 Å². The van der Waals surface area contributed by atoms with Crippen LogP contribution in [0.4, 0.5) is 0 Å². The van der Waals surface area contributed by atoms with Crippen molar-refractivity contribution >= 4 is 5.96 Å². The van der Waals surface area contributed by atoms with E-state index >= 15 is 0 Å². The van der Waals surface area contributed by atoms with Gasteiger partial charge in [0.05, 0.1) is 19.8 Å². The first kappa shape index (κ1) is 13.2. The van der Waals surface area contributed by atoms with E-state index in [-0.39, 0.29) is 5.41 Å². The van der Waals surface area contributed by atoms with Crippen LogP contribution in [-0.4, -0.2) is 64.0 Å². The van der Waals surface area contributed by atoms with Crippen molar-refractivity contribution in [3.8, 4) is 0 Å². The molecule has 0 saturated carbocycles. The minimum absolute atomic E-state index is 0.282. The van der Waals surface area contributed by atoms with Gasteiger partial charge in [-0.05, 0) is 12.8 Å². The number of likely N-dealkylation sites (tertiary alicyclic amines) is 1. The molecule has 3 rings (SSSR count). The van der Waals surface area contributed by atoms with E-state index in [4.69, 9.17) is 9.47 Å². The molecule has 0 aromatic rings. The van der Waals surface area contributed by atoms with Crippen LogP contribution in [0.25, 0.3) is 0 Å². The number of ether oxygens (including phenoxy) is 2. The molecule has 3 heterocycles. The summed E-state index contributed by atoms with van der Waals surface area (Å²) in [5.74, 6) is 1.04. The zero-order valence-corrected chi connectivity index (χ0v) is 12.1. The van der Waals surface area contributed by atoms with Gasteiger partial charge in [-0.2, -0.15) is 0 Å². The highest BCUT2D eigenvalue weighted by atomic mass is 16.5. The van der Waals surface area contributed by atoms with Gasteiger partial charge in [-0.15, -0.1) is 0 Å². The van der Waals surface area contributed by atoms with Gasteiger partial charge >= 0.3 is 0 Å². The van der Waals surface area contributed by atoms with Crippen molar-refractivity contribution in [3.63, 3.8) is 0 Å².